The van der Waals surface area contributed by atoms with Crippen LogP contribution < -0.4 is 10.6 Å². The van der Waals surface area contributed by atoms with Crippen molar-refractivity contribution in [2.75, 3.05) is 5.32 Å². The highest BCUT2D eigenvalue weighted by atomic mass is 35.5. The molecule has 9 heteroatoms. The van der Waals surface area contributed by atoms with Gasteiger partial charge in [0.25, 0.3) is 5.91 Å². The van der Waals surface area contributed by atoms with E-state index >= 15 is 0 Å². The third-order valence-electron chi connectivity index (χ3n) is 4.75. The second-order valence-corrected chi connectivity index (χ2v) is 8.17. The summed E-state index contributed by atoms with van der Waals surface area (Å²) in [5.74, 6) is -0.158. The van der Waals surface area contributed by atoms with Gasteiger partial charge in [0.15, 0.2) is 10.7 Å². The number of aromatic nitrogens is 1. The average molecular weight is 486 g/mol. The van der Waals surface area contributed by atoms with Crippen LogP contribution in [0, 0.1) is 0 Å². The Hall–Kier alpha value is -3.13. The Morgan fingerprint density at radius 2 is 1.91 bits per heavy atom. The molecule has 0 atom stereocenters. The Bertz CT molecular complexity index is 1350. The molecular formula is C23H17Cl2N3O3S. The van der Waals surface area contributed by atoms with Gasteiger partial charge < -0.3 is 14.8 Å². The lowest BCUT2D eigenvalue weighted by Crippen LogP contribution is -2.34. The number of benzene rings is 3. The molecule has 0 fully saturated rings. The van der Waals surface area contributed by atoms with E-state index in [4.69, 9.17) is 39.8 Å². The third-order valence-corrected chi connectivity index (χ3v) is 5.70. The molecule has 3 N–H and O–H groups in total. The van der Waals surface area contributed by atoms with Crippen LogP contribution >= 0.6 is 35.4 Å². The molecule has 32 heavy (non-hydrogen) atoms. The molecule has 6 nitrogen and oxygen atoms in total. The molecule has 0 aliphatic carbocycles. The molecule has 0 aliphatic heterocycles. The van der Waals surface area contributed by atoms with Crippen LogP contribution in [0.4, 0.5) is 5.69 Å². The van der Waals surface area contributed by atoms with E-state index in [0.29, 0.717) is 32.9 Å². The maximum atomic E-state index is 12.4. The number of amides is 1. The van der Waals surface area contributed by atoms with E-state index in [0.717, 1.165) is 12.0 Å². The predicted octanol–water partition coefficient (Wildman–Crippen LogP) is 6.20. The number of carbonyl (C=O) groups excluding carboxylic acids is 1. The number of fused-ring (bicyclic) bond motifs is 1. The standard InChI is InChI=1S/C23H17Cl2N3O3S/c1-2-12-3-8-20-18(9-12)27-22(31-20)15-11-14(5-7-19(15)29)26-23(32)28-21(30)13-4-6-16(24)17(25)10-13/h3-11,29H,2H2,1H3,(H2,26,28,30,32). The van der Waals surface area contributed by atoms with Crippen molar-refractivity contribution in [2.24, 2.45) is 0 Å². The molecule has 0 spiro atoms. The minimum atomic E-state index is -0.439. The first-order chi connectivity index (χ1) is 15.3. The highest BCUT2D eigenvalue weighted by Gasteiger charge is 2.15. The topological polar surface area (TPSA) is 87.4 Å². The fraction of sp³-hybridized carbons (Fsp3) is 0.0870. The summed E-state index contributed by atoms with van der Waals surface area (Å²) in [7, 11) is 0. The van der Waals surface area contributed by atoms with Crippen molar-refractivity contribution in [3.05, 3.63) is 75.8 Å². The van der Waals surface area contributed by atoms with Crippen LogP contribution in [0.2, 0.25) is 10.0 Å². The number of oxazole rings is 1. The van der Waals surface area contributed by atoms with Gasteiger partial charge >= 0.3 is 0 Å². The third kappa shape index (κ3) is 4.70. The van der Waals surface area contributed by atoms with Crippen LogP contribution in [0.15, 0.2) is 59.0 Å². The van der Waals surface area contributed by atoms with Gasteiger partial charge in [0.1, 0.15) is 11.3 Å². The Morgan fingerprint density at radius 1 is 1.09 bits per heavy atom. The lowest BCUT2D eigenvalue weighted by molar-refractivity contribution is 0.0977. The molecule has 0 radical (unpaired) electrons. The van der Waals surface area contributed by atoms with Gasteiger partial charge in [-0.1, -0.05) is 36.2 Å². The number of anilines is 1. The fourth-order valence-electron chi connectivity index (χ4n) is 3.07. The van der Waals surface area contributed by atoms with Gasteiger partial charge in [0, 0.05) is 11.3 Å². The molecule has 3 aromatic carbocycles. The van der Waals surface area contributed by atoms with E-state index in [-0.39, 0.29) is 21.8 Å². The fourth-order valence-corrected chi connectivity index (χ4v) is 3.58. The highest BCUT2D eigenvalue weighted by molar-refractivity contribution is 7.80. The summed E-state index contributed by atoms with van der Waals surface area (Å²) < 4.78 is 5.81. The largest absolute Gasteiger partial charge is 0.507 e. The number of rotatable bonds is 4. The van der Waals surface area contributed by atoms with E-state index in [1.54, 1.807) is 18.2 Å². The molecule has 0 saturated heterocycles. The van der Waals surface area contributed by atoms with Gasteiger partial charge in [-0.2, -0.15) is 0 Å². The van der Waals surface area contributed by atoms with Crippen molar-refractivity contribution >= 4 is 63.2 Å². The molecule has 1 aromatic heterocycles. The van der Waals surface area contributed by atoms with Gasteiger partial charge in [0.2, 0.25) is 5.89 Å². The summed E-state index contributed by atoms with van der Waals surface area (Å²) in [5, 5.41) is 16.5. The lowest BCUT2D eigenvalue weighted by Gasteiger charge is -2.11. The zero-order valence-corrected chi connectivity index (χ0v) is 19.1. The van der Waals surface area contributed by atoms with Crippen LogP contribution in [0.5, 0.6) is 5.75 Å². The smallest absolute Gasteiger partial charge is 0.257 e. The summed E-state index contributed by atoms with van der Waals surface area (Å²) in [6, 6.07) is 15.1. The summed E-state index contributed by atoms with van der Waals surface area (Å²) in [4.78, 5) is 16.9. The van der Waals surface area contributed by atoms with Crippen LogP contribution in [0.3, 0.4) is 0 Å². The summed E-state index contributed by atoms with van der Waals surface area (Å²) >= 11 is 17.1. The van der Waals surface area contributed by atoms with Gasteiger partial charge in [-0.15, -0.1) is 0 Å². The second kappa shape index (κ2) is 9.16. The van der Waals surface area contributed by atoms with E-state index in [1.807, 2.05) is 18.2 Å². The molecule has 1 amide bonds. The molecular weight excluding hydrogens is 469 g/mol. The highest BCUT2D eigenvalue weighted by Crippen LogP contribution is 2.33. The Balaban J connectivity index is 1.53. The molecule has 0 saturated carbocycles. The van der Waals surface area contributed by atoms with Crippen LogP contribution in [0.1, 0.15) is 22.8 Å². The number of aryl methyl sites for hydroxylation is 1. The number of nitrogens with one attached hydrogen (secondary N) is 2. The molecule has 0 bridgehead atoms. The number of carbonyl (C=O) groups is 1. The SMILES string of the molecule is CCc1ccc2oc(-c3cc(NC(=S)NC(=O)c4ccc(Cl)c(Cl)c4)ccc3O)nc2c1. The minimum Gasteiger partial charge on any atom is -0.507 e. The number of halogens is 2. The van der Waals surface area contributed by atoms with Gasteiger partial charge in [-0.05, 0) is 72.7 Å². The molecule has 1 heterocycles. The summed E-state index contributed by atoms with van der Waals surface area (Å²) in [5.41, 5.74) is 3.71. The number of phenolic OH excluding ortho intramolecular Hbond substituents is 1. The molecule has 162 valence electrons. The number of thiocarbonyl (C=S) groups is 1. The van der Waals surface area contributed by atoms with Crippen molar-refractivity contribution < 1.29 is 14.3 Å². The van der Waals surface area contributed by atoms with E-state index in [1.165, 1.54) is 18.2 Å². The van der Waals surface area contributed by atoms with Crippen molar-refractivity contribution in [2.45, 2.75) is 13.3 Å². The van der Waals surface area contributed by atoms with Gasteiger partial charge in [-0.3, -0.25) is 10.1 Å². The molecule has 4 aromatic rings. The lowest BCUT2D eigenvalue weighted by atomic mass is 10.1. The monoisotopic (exact) mass is 485 g/mol. The Kier molecular flexibility index (Phi) is 6.32. The quantitative estimate of drug-likeness (QED) is 0.235. The normalized spacial score (nSPS) is 10.8. The summed E-state index contributed by atoms with van der Waals surface area (Å²) in [6.45, 7) is 2.06. The van der Waals surface area contributed by atoms with E-state index < -0.39 is 5.91 Å². The summed E-state index contributed by atoms with van der Waals surface area (Å²) in [6.07, 6.45) is 0.883. The van der Waals surface area contributed by atoms with Crippen LogP contribution in [0.25, 0.3) is 22.6 Å². The first kappa shape index (κ1) is 22.1. The number of nitrogens with zero attached hydrogens (tertiary/aromatic N) is 1. The van der Waals surface area contributed by atoms with Crippen molar-refractivity contribution in [3.8, 4) is 17.2 Å². The molecule has 0 unspecified atom stereocenters. The van der Waals surface area contributed by atoms with E-state index in [2.05, 4.69) is 22.5 Å². The predicted molar refractivity (Wildman–Crippen MR) is 131 cm³/mol. The van der Waals surface area contributed by atoms with Gasteiger partial charge in [-0.25, -0.2) is 4.98 Å². The van der Waals surface area contributed by atoms with Crippen LogP contribution in [-0.4, -0.2) is 21.1 Å². The Morgan fingerprint density at radius 3 is 2.66 bits per heavy atom. The maximum absolute atomic E-state index is 12.4. The first-order valence-corrected chi connectivity index (χ1v) is 10.8. The maximum Gasteiger partial charge on any atom is 0.257 e. The second-order valence-electron chi connectivity index (χ2n) is 6.94. The van der Waals surface area contributed by atoms with Crippen molar-refractivity contribution in [3.63, 3.8) is 0 Å². The van der Waals surface area contributed by atoms with Crippen LogP contribution in [-0.2, 0) is 6.42 Å². The number of hydrogen-bond donors (Lipinski definition) is 3. The number of aromatic hydroxyl groups is 1. The Labute approximate surface area is 199 Å². The number of phenols is 1. The van der Waals surface area contributed by atoms with Gasteiger partial charge in [0.05, 0.1) is 15.6 Å². The van der Waals surface area contributed by atoms with Crippen molar-refractivity contribution in [1.82, 2.24) is 10.3 Å². The average Bonchev–Trinajstić information content (AvgIpc) is 3.19. The molecule has 4 rings (SSSR count). The first-order valence-electron chi connectivity index (χ1n) is 9.64. The molecule has 0 aliphatic rings. The number of hydrogen-bond acceptors (Lipinski definition) is 5. The minimum absolute atomic E-state index is 0.00332. The van der Waals surface area contributed by atoms with E-state index in [9.17, 15) is 9.90 Å². The van der Waals surface area contributed by atoms with Crippen molar-refractivity contribution in [1.29, 1.82) is 0 Å². The zero-order valence-electron chi connectivity index (χ0n) is 16.8. The zero-order chi connectivity index (χ0) is 22.8.